The molecule has 0 bridgehead atoms. The van der Waals surface area contributed by atoms with Gasteiger partial charge in [0.05, 0.1) is 0 Å². The van der Waals surface area contributed by atoms with Gasteiger partial charge in [0.1, 0.15) is 17.4 Å². The van der Waals surface area contributed by atoms with Crippen molar-refractivity contribution in [2.45, 2.75) is 32.7 Å². The maximum Gasteiger partial charge on any atom is 0.165 e. The Hall–Kier alpha value is -3.12. The molecule has 0 spiro atoms. The second kappa shape index (κ2) is 8.19. The summed E-state index contributed by atoms with van der Waals surface area (Å²) in [5.74, 6) is 3.09. The van der Waals surface area contributed by atoms with Gasteiger partial charge in [-0.2, -0.15) is 0 Å². The molecule has 1 aliphatic heterocycles. The van der Waals surface area contributed by atoms with Crippen LogP contribution in [0, 0.1) is 0 Å². The summed E-state index contributed by atoms with van der Waals surface area (Å²) in [5.41, 5.74) is 3.49. The number of aromatic hydroxyl groups is 1. The van der Waals surface area contributed by atoms with Gasteiger partial charge < -0.3 is 15.3 Å². The fourth-order valence-corrected chi connectivity index (χ4v) is 5.13. The number of phenols is 1. The van der Waals surface area contributed by atoms with E-state index in [1.807, 2.05) is 12.1 Å². The Morgan fingerprint density at radius 3 is 2.71 bits per heavy atom. The van der Waals surface area contributed by atoms with E-state index in [0.29, 0.717) is 11.8 Å². The predicted octanol–water partition coefficient (Wildman–Crippen LogP) is 5.49. The first-order valence-electron chi connectivity index (χ1n) is 10.8. The minimum absolute atomic E-state index is 0.298. The first-order valence-corrected chi connectivity index (χ1v) is 11.6. The maximum absolute atomic E-state index is 9.50. The first kappa shape index (κ1) is 19.8. The van der Waals surface area contributed by atoms with Crippen molar-refractivity contribution in [3.8, 4) is 17.1 Å². The lowest BCUT2D eigenvalue weighted by atomic mass is 10.1. The first-order chi connectivity index (χ1) is 15.1. The molecular formula is C25H26N4OS. The lowest BCUT2D eigenvalue weighted by Crippen LogP contribution is -2.29. The zero-order chi connectivity index (χ0) is 21.4. The molecule has 2 N–H and O–H groups in total. The highest BCUT2D eigenvalue weighted by molar-refractivity contribution is 7.17. The van der Waals surface area contributed by atoms with Crippen molar-refractivity contribution in [3.63, 3.8) is 0 Å². The van der Waals surface area contributed by atoms with Gasteiger partial charge in [0.25, 0.3) is 0 Å². The average Bonchev–Trinajstić information content (AvgIpc) is 3.39. The fourth-order valence-electron chi connectivity index (χ4n) is 4.19. The van der Waals surface area contributed by atoms with Crippen LogP contribution < -0.4 is 10.2 Å². The summed E-state index contributed by atoms with van der Waals surface area (Å²) in [6.07, 6.45) is 1.82. The van der Waals surface area contributed by atoms with Crippen LogP contribution in [0.3, 0.4) is 0 Å². The number of phenolic OH excluding ortho intramolecular Hbond substituents is 1. The van der Waals surface area contributed by atoms with Gasteiger partial charge in [0.15, 0.2) is 5.82 Å². The van der Waals surface area contributed by atoms with Crippen molar-refractivity contribution >= 4 is 33.1 Å². The molecular weight excluding hydrogens is 404 g/mol. The smallest absolute Gasteiger partial charge is 0.165 e. The zero-order valence-electron chi connectivity index (χ0n) is 17.8. The molecule has 1 aliphatic rings. The molecule has 2 aromatic heterocycles. The van der Waals surface area contributed by atoms with Crippen molar-refractivity contribution in [1.29, 1.82) is 0 Å². The van der Waals surface area contributed by atoms with Gasteiger partial charge >= 0.3 is 0 Å². The Labute approximate surface area is 186 Å². The summed E-state index contributed by atoms with van der Waals surface area (Å²) in [4.78, 5) is 12.4. The van der Waals surface area contributed by atoms with Crippen molar-refractivity contribution in [3.05, 3.63) is 65.0 Å². The minimum atomic E-state index is 0.298. The van der Waals surface area contributed by atoms with Crippen molar-refractivity contribution in [1.82, 2.24) is 9.97 Å². The number of anilines is 2. The molecule has 0 aliphatic carbocycles. The lowest BCUT2D eigenvalue weighted by Gasteiger charge is -2.23. The summed E-state index contributed by atoms with van der Waals surface area (Å²) in [6.45, 7) is 6.19. The van der Waals surface area contributed by atoms with Gasteiger partial charge in [-0.3, -0.25) is 0 Å². The van der Waals surface area contributed by atoms with E-state index in [0.717, 1.165) is 49.0 Å². The van der Waals surface area contributed by atoms with Crippen LogP contribution in [0.2, 0.25) is 0 Å². The van der Waals surface area contributed by atoms with E-state index in [1.165, 1.54) is 21.2 Å². The van der Waals surface area contributed by atoms with Crippen LogP contribution >= 0.6 is 11.3 Å². The Morgan fingerprint density at radius 1 is 1.10 bits per heavy atom. The fraction of sp³-hybridized carbons (Fsp3) is 0.280. The van der Waals surface area contributed by atoms with E-state index in [-0.39, 0.29) is 0 Å². The van der Waals surface area contributed by atoms with Crippen molar-refractivity contribution in [2.24, 2.45) is 0 Å². The normalized spacial score (nSPS) is 13.2. The van der Waals surface area contributed by atoms with Gasteiger partial charge in [0.2, 0.25) is 0 Å². The monoisotopic (exact) mass is 430 g/mol. The Bertz CT molecular complexity index is 1220. The maximum atomic E-state index is 9.50. The van der Waals surface area contributed by atoms with Gasteiger partial charge in [0, 0.05) is 45.7 Å². The standard InChI is InChI=1S/C25H26N4OS/c1-16(2)29-14-12-20-23(26-13-11-17-7-9-18(30)10-8-17)27-24(28-25(20)29)21-15-31-22-6-4-3-5-19(21)22/h3-10,15-16,30H,11-14H2,1-2H3,(H,26,27,28). The van der Waals surface area contributed by atoms with E-state index in [4.69, 9.17) is 9.97 Å². The zero-order valence-corrected chi connectivity index (χ0v) is 18.6. The van der Waals surface area contributed by atoms with E-state index < -0.39 is 0 Å². The third-order valence-electron chi connectivity index (χ3n) is 5.85. The third-order valence-corrected chi connectivity index (χ3v) is 6.81. The molecule has 158 valence electrons. The summed E-state index contributed by atoms with van der Waals surface area (Å²) < 4.78 is 1.25. The van der Waals surface area contributed by atoms with E-state index in [1.54, 1.807) is 23.5 Å². The molecule has 0 saturated heterocycles. The Morgan fingerprint density at radius 2 is 1.90 bits per heavy atom. The molecule has 6 heteroatoms. The molecule has 0 fully saturated rings. The van der Waals surface area contributed by atoms with Crippen LogP contribution in [0.25, 0.3) is 21.5 Å². The number of hydrogen-bond donors (Lipinski definition) is 2. The van der Waals surface area contributed by atoms with E-state index in [9.17, 15) is 5.11 Å². The van der Waals surface area contributed by atoms with Gasteiger partial charge in [-0.1, -0.05) is 30.3 Å². The lowest BCUT2D eigenvalue weighted by molar-refractivity contribution is 0.475. The summed E-state index contributed by atoms with van der Waals surface area (Å²) >= 11 is 1.74. The topological polar surface area (TPSA) is 61.3 Å². The molecule has 31 heavy (non-hydrogen) atoms. The van der Waals surface area contributed by atoms with Crippen LogP contribution in [0.15, 0.2) is 53.9 Å². The van der Waals surface area contributed by atoms with Gasteiger partial charge in [-0.15, -0.1) is 11.3 Å². The van der Waals surface area contributed by atoms with Crippen molar-refractivity contribution in [2.75, 3.05) is 23.3 Å². The number of benzene rings is 2. The minimum Gasteiger partial charge on any atom is -0.508 e. The molecule has 5 nitrogen and oxygen atoms in total. The van der Waals surface area contributed by atoms with Crippen LogP contribution in [-0.4, -0.2) is 34.2 Å². The summed E-state index contributed by atoms with van der Waals surface area (Å²) in [5, 5.41) is 16.4. The summed E-state index contributed by atoms with van der Waals surface area (Å²) in [7, 11) is 0. The Kier molecular flexibility index (Phi) is 5.24. The number of nitrogens with zero attached hydrogens (tertiary/aromatic N) is 3. The van der Waals surface area contributed by atoms with E-state index >= 15 is 0 Å². The quantitative estimate of drug-likeness (QED) is 0.424. The molecule has 4 aromatic rings. The Balaban J connectivity index is 1.49. The number of nitrogens with one attached hydrogen (secondary N) is 1. The molecule has 0 amide bonds. The molecule has 0 atom stereocenters. The van der Waals surface area contributed by atoms with Crippen LogP contribution in [-0.2, 0) is 12.8 Å². The number of fused-ring (bicyclic) bond motifs is 2. The van der Waals surface area contributed by atoms with Gasteiger partial charge in [-0.05, 0) is 50.5 Å². The van der Waals surface area contributed by atoms with Crippen LogP contribution in [0.4, 0.5) is 11.6 Å². The van der Waals surface area contributed by atoms with E-state index in [2.05, 4.69) is 53.7 Å². The molecule has 0 unspecified atom stereocenters. The number of hydrogen-bond acceptors (Lipinski definition) is 6. The molecule has 0 saturated carbocycles. The number of thiophene rings is 1. The predicted molar refractivity (Wildman–Crippen MR) is 129 cm³/mol. The SMILES string of the molecule is CC(C)N1CCc2c(NCCc3ccc(O)cc3)nc(-c3csc4ccccc34)nc21. The average molecular weight is 431 g/mol. The highest BCUT2D eigenvalue weighted by atomic mass is 32.1. The molecule has 2 aromatic carbocycles. The largest absolute Gasteiger partial charge is 0.508 e. The summed E-state index contributed by atoms with van der Waals surface area (Å²) in [6, 6.07) is 16.2. The number of aromatic nitrogens is 2. The third kappa shape index (κ3) is 3.83. The molecule has 3 heterocycles. The number of rotatable bonds is 6. The highest BCUT2D eigenvalue weighted by Gasteiger charge is 2.28. The van der Waals surface area contributed by atoms with Gasteiger partial charge in [-0.25, -0.2) is 9.97 Å². The second-order valence-electron chi connectivity index (χ2n) is 8.22. The van der Waals surface area contributed by atoms with Crippen LogP contribution in [0.5, 0.6) is 5.75 Å². The van der Waals surface area contributed by atoms with Crippen LogP contribution in [0.1, 0.15) is 25.0 Å². The van der Waals surface area contributed by atoms with Crippen molar-refractivity contribution < 1.29 is 5.11 Å². The second-order valence-corrected chi connectivity index (χ2v) is 9.14. The highest BCUT2D eigenvalue weighted by Crippen LogP contribution is 2.38. The molecule has 0 radical (unpaired) electrons. The molecule has 5 rings (SSSR count).